The van der Waals surface area contributed by atoms with Crippen LogP contribution in [-0.4, -0.2) is 28.0 Å². The molecule has 0 radical (unpaired) electrons. The predicted molar refractivity (Wildman–Crippen MR) is 75.2 cm³/mol. The van der Waals surface area contributed by atoms with Gasteiger partial charge in [0.15, 0.2) is 11.6 Å². The molecule has 2 rings (SSSR count). The normalized spacial score (nSPS) is 12.2. The maximum atomic E-state index is 13.6. The van der Waals surface area contributed by atoms with Crippen molar-refractivity contribution in [2.75, 3.05) is 23.7 Å². The van der Waals surface area contributed by atoms with Gasteiger partial charge in [0.05, 0.1) is 11.2 Å². The lowest BCUT2D eigenvalue weighted by Crippen LogP contribution is -2.13. The number of aromatic nitrogens is 3. The molecule has 0 saturated carbocycles. The Morgan fingerprint density at radius 3 is 2.89 bits per heavy atom. The molecule has 0 bridgehead atoms. The van der Waals surface area contributed by atoms with Crippen LogP contribution in [0.15, 0.2) is 17.8 Å². The highest BCUT2D eigenvalue weighted by atomic mass is 32.1. The second-order valence-electron chi connectivity index (χ2n) is 4.07. The van der Waals surface area contributed by atoms with Crippen molar-refractivity contribution in [3.8, 4) is 0 Å². The molecule has 0 aliphatic heterocycles. The van der Waals surface area contributed by atoms with Gasteiger partial charge in [0, 0.05) is 30.6 Å². The quantitative estimate of drug-likeness (QED) is 0.852. The van der Waals surface area contributed by atoms with E-state index in [-0.39, 0.29) is 11.7 Å². The molecule has 2 aromatic rings. The first-order valence-electron chi connectivity index (χ1n) is 6.10. The minimum Gasteiger partial charge on any atom is -0.367 e. The van der Waals surface area contributed by atoms with E-state index in [9.17, 15) is 4.39 Å². The molecule has 1 unspecified atom stereocenters. The van der Waals surface area contributed by atoms with E-state index in [1.807, 2.05) is 19.2 Å². The van der Waals surface area contributed by atoms with Crippen molar-refractivity contribution in [2.24, 2.45) is 0 Å². The van der Waals surface area contributed by atoms with Crippen molar-refractivity contribution in [3.63, 3.8) is 0 Å². The molecule has 1 atom stereocenters. The van der Waals surface area contributed by atoms with Crippen molar-refractivity contribution in [3.05, 3.63) is 28.6 Å². The standard InChI is InChI=1S/C12H16FN5S/c1-3-14-12-17-7-9(13)10(18-12)16-6-8(2)11-15-4-5-19-11/h4-5,7-8H,3,6H2,1-2H3,(H2,14,16,17,18). The molecule has 2 heterocycles. The molecule has 0 aromatic carbocycles. The maximum absolute atomic E-state index is 13.6. The van der Waals surface area contributed by atoms with Crippen LogP contribution in [0, 0.1) is 5.82 Å². The summed E-state index contributed by atoms with van der Waals surface area (Å²) >= 11 is 1.59. The highest BCUT2D eigenvalue weighted by molar-refractivity contribution is 7.09. The number of anilines is 2. The smallest absolute Gasteiger partial charge is 0.224 e. The molecular formula is C12H16FN5S. The number of hydrogen-bond donors (Lipinski definition) is 2. The van der Waals surface area contributed by atoms with E-state index < -0.39 is 5.82 Å². The van der Waals surface area contributed by atoms with Gasteiger partial charge in [-0.15, -0.1) is 11.3 Å². The second-order valence-corrected chi connectivity index (χ2v) is 5.00. The third kappa shape index (κ3) is 3.60. The van der Waals surface area contributed by atoms with Crippen LogP contribution < -0.4 is 10.6 Å². The number of hydrogen-bond acceptors (Lipinski definition) is 6. The Morgan fingerprint density at radius 1 is 1.37 bits per heavy atom. The summed E-state index contributed by atoms with van der Waals surface area (Å²) in [5, 5.41) is 8.90. The summed E-state index contributed by atoms with van der Waals surface area (Å²) in [6.07, 6.45) is 2.94. The summed E-state index contributed by atoms with van der Waals surface area (Å²) in [4.78, 5) is 12.2. The largest absolute Gasteiger partial charge is 0.367 e. The minimum atomic E-state index is -0.451. The molecule has 0 saturated heterocycles. The van der Waals surface area contributed by atoms with E-state index in [1.165, 1.54) is 6.20 Å². The second kappa shape index (κ2) is 6.42. The first kappa shape index (κ1) is 13.7. The molecule has 102 valence electrons. The van der Waals surface area contributed by atoms with Crippen LogP contribution in [0.3, 0.4) is 0 Å². The van der Waals surface area contributed by atoms with E-state index >= 15 is 0 Å². The SMILES string of the molecule is CCNc1ncc(F)c(NCC(C)c2nccs2)n1. The maximum Gasteiger partial charge on any atom is 0.224 e. The van der Waals surface area contributed by atoms with Gasteiger partial charge in [-0.2, -0.15) is 4.98 Å². The fourth-order valence-corrected chi connectivity index (χ4v) is 2.25. The van der Waals surface area contributed by atoms with Gasteiger partial charge in [0.2, 0.25) is 5.95 Å². The summed E-state index contributed by atoms with van der Waals surface area (Å²) in [5.74, 6) is 0.396. The lowest BCUT2D eigenvalue weighted by atomic mass is 10.2. The van der Waals surface area contributed by atoms with Crippen molar-refractivity contribution in [2.45, 2.75) is 19.8 Å². The molecule has 2 N–H and O–H groups in total. The average molecular weight is 281 g/mol. The van der Waals surface area contributed by atoms with Crippen LogP contribution in [-0.2, 0) is 0 Å². The Kier molecular flexibility index (Phi) is 4.62. The van der Waals surface area contributed by atoms with Gasteiger partial charge in [-0.3, -0.25) is 0 Å². The Labute approximate surface area is 115 Å². The van der Waals surface area contributed by atoms with Crippen molar-refractivity contribution >= 4 is 23.1 Å². The van der Waals surface area contributed by atoms with Crippen LogP contribution in [0.5, 0.6) is 0 Å². The van der Waals surface area contributed by atoms with Crippen LogP contribution in [0.1, 0.15) is 24.8 Å². The van der Waals surface area contributed by atoms with Crippen LogP contribution in [0.25, 0.3) is 0 Å². The molecule has 0 amide bonds. The molecule has 5 nitrogen and oxygen atoms in total. The Balaban J connectivity index is 2.00. The van der Waals surface area contributed by atoms with Crippen molar-refractivity contribution in [1.29, 1.82) is 0 Å². The number of halogens is 1. The van der Waals surface area contributed by atoms with Gasteiger partial charge >= 0.3 is 0 Å². The number of thiazole rings is 1. The van der Waals surface area contributed by atoms with Crippen LogP contribution >= 0.6 is 11.3 Å². The Morgan fingerprint density at radius 2 is 2.21 bits per heavy atom. The monoisotopic (exact) mass is 281 g/mol. The molecule has 0 aliphatic carbocycles. The van der Waals surface area contributed by atoms with E-state index in [0.29, 0.717) is 19.0 Å². The molecular weight excluding hydrogens is 265 g/mol. The third-order valence-electron chi connectivity index (χ3n) is 2.53. The minimum absolute atomic E-state index is 0.206. The van der Waals surface area contributed by atoms with E-state index in [0.717, 1.165) is 5.01 Å². The van der Waals surface area contributed by atoms with Gasteiger partial charge in [-0.25, -0.2) is 14.4 Å². The zero-order valence-corrected chi connectivity index (χ0v) is 11.7. The molecule has 19 heavy (non-hydrogen) atoms. The van der Waals surface area contributed by atoms with E-state index in [2.05, 4.69) is 25.6 Å². The zero-order valence-electron chi connectivity index (χ0n) is 10.9. The van der Waals surface area contributed by atoms with Gasteiger partial charge < -0.3 is 10.6 Å². The topological polar surface area (TPSA) is 62.7 Å². The summed E-state index contributed by atoms with van der Waals surface area (Å²) in [6.45, 7) is 5.24. The molecule has 2 aromatic heterocycles. The van der Waals surface area contributed by atoms with Crippen molar-refractivity contribution < 1.29 is 4.39 Å². The summed E-state index contributed by atoms with van der Waals surface area (Å²) < 4.78 is 13.6. The van der Waals surface area contributed by atoms with E-state index in [4.69, 9.17) is 0 Å². The fourth-order valence-electron chi connectivity index (χ4n) is 1.55. The number of rotatable bonds is 6. The highest BCUT2D eigenvalue weighted by Crippen LogP contribution is 2.19. The average Bonchev–Trinajstić information content (AvgIpc) is 2.93. The highest BCUT2D eigenvalue weighted by Gasteiger charge is 2.11. The van der Waals surface area contributed by atoms with Gasteiger partial charge in [0.25, 0.3) is 0 Å². The van der Waals surface area contributed by atoms with Gasteiger partial charge in [0.1, 0.15) is 0 Å². The van der Waals surface area contributed by atoms with E-state index in [1.54, 1.807) is 17.5 Å². The molecule has 0 spiro atoms. The first-order valence-corrected chi connectivity index (χ1v) is 6.98. The van der Waals surface area contributed by atoms with Gasteiger partial charge in [-0.05, 0) is 6.92 Å². The number of nitrogens with zero attached hydrogens (tertiary/aromatic N) is 3. The van der Waals surface area contributed by atoms with Crippen LogP contribution in [0.4, 0.5) is 16.2 Å². The first-order chi connectivity index (χ1) is 9.20. The lowest BCUT2D eigenvalue weighted by Gasteiger charge is -2.12. The lowest BCUT2D eigenvalue weighted by molar-refractivity contribution is 0.615. The summed E-state index contributed by atoms with van der Waals surface area (Å²) in [5.41, 5.74) is 0. The summed E-state index contributed by atoms with van der Waals surface area (Å²) in [7, 11) is 0. The van der Waals surface area contributed by atoms with Crippen molar-refractivity contribution in [1.82, 2.24) is 15.0 Å². The Bertz CT molecular complexity index is 517. The number of nitrogens with one attached hydrogen (secondary N) is 2. The Hall–Kier alpha value is -1.76. The predicted octanol–water partition coefficient (Wildman–Crippen LogP) is 2.72. The fraction of sp³-hybridized carbons (Fsp3) is 0.417. The summed E-state index contributed by atoms with van der Waals surface area (Å²) in [6, 6.07) is 0. The molecule has 0 aliphatic rings. The third-order valence-corrected chi connectivity index (χ3v) is 3.53. The van der Waals surface area contributed by atoms with Crippen LogP contribution in [0.2, 0.25) is 0 Å². The van der Waals surface area contributed by atoms with Gasteiger partial charge in [-0.1, -0.05) is 6.92 Å². The molecule has 7 heteroatoms. The zero-order chi connectivity index (χ0) is 13.7. The molecule has 0 fully saturated rings.